The molecule has 1 unspecified atom stereocenters. The third-order valence-electron chi connectivity index (χ3n) is 4.38. The summed E-state index contributed by atoms with van der Waals surface area (Å²) in [7, 11) is 0. The number of ether oxygens (including phenoxy) is 1. The van der Waals surface area contributed by atoms with Crippen LogP contribution in [-0.2, 0) is 9.53 Å². The number of piperidine rings is 1. The maximum atomic E-state index is 12.6. The fourth-order valence-electron chi connectivity index (χ4n) is 3.09. The summed E-state index contributed by atoms with van der Waals surface area (Å²) < 4.78 is 5.82. The van der Waals surface area contributed by atoms with Crippen molar-refractivity contribution >= 4 is 41.5 Å². The van der Waals surface area contributed by atoms with Crippen LogP contribution in [0.2, 0.25) is 10.0 Å². The van der Waals surface area contributed by atoms with E-state index in [0.717, 1.165) is 31.5 Å². The molecule has 0 spiro atoms. The Morgan fingerprint density at radius 3 is 2.65 bits per heavy atom. The number of rotatable bonds is 2. The van der Waals surface area contributed by atoms with E-state index in [-0.39, 0.29) is 30.3 Å². The second-order valence-corrected chi connectivity index (χ2v) is 6.66. The number of morpholine rings is 1. The first kappa shape index (κ1) is 18.8. The Hall–Kier alpha value is -0.520. The molecule has 3 rings (SSSR count). The van der Waals surface area contributed by atoms with Crippen LogP contribution in [0.1, 0.15) is 24.5 Å². The largest absolute Gasteiger partial charge is 0.370 e. The predicted molar refractivity (Wildman–Crippen MR) is 94.6 cm³/mol. The van der Waals surface area contributed by atoms with Gasteiger partial charge in [0.25, 0.3) is 0 Å². The van der Waals surface area contributed by atoms with Gasteiger partial charge in [0.2, 0.25) is 5.91 Å². The molecule has 23 heavy (non-hydrogen) atoms. The molecule has 4 nitrogen and oxygen atoms in total. The van der Waals surface area contributed by atoms with Crippen LogP contribution in [0.15, 0.2) is 18.2 Å². The zero-order valence-electron chi connectivity index (χ0n) is 12.8. The van der Waals surface area contributed by atoms with E-state index in [9.17, 15) is 4.79 Å². The molecular weight excluding hydrogens is 359 g/mol. The molecule has 0 aromatic heterocycles. The standard InChI is InChI=1S/C16H20Cl2N2O2.ClH/c17-13-2-1-12(9-14(13)18)15-10-20(7-8-22-15)16(21)11-3-5-19-6-4-11;/h1-2,9,11,15,19H,3-8,10H2;1H. The van der Waals surface area contributed by atoms with Crippen LogP contribution in [0, 0.1) is 5.92 Å². The van der Waals surface area contributed by atoms with E-state index in [2.05, 4.69) is 5.32 Å². The van der Waals surface area contributed by atoms with Crippen LogP contribution in [-0.4, -0.2) is 43.6 Å². The van der Waals surface area contributed by atoms with Gasteiger partial charge < -0.3 is 15.0 Å². The smallest absolute Gasteiger partial charge is 0.225 e. The van der Waals surface area contributed by atoms with Crippen molar-refractivity contribution in [3.05, 3.63) is 33.8 Å². The second kappa shape index (κ2) is 8.54. The molecule has 0 radical (unpaired) electrons. The number of hydrogen-bond acceptors (Lipinski definition) is 3. The van der Waals surface area contributed by atoms with Gasteiger partial charge in [0, 0.05) is 12.5 Å². The Balaban J connectivity index is 0.00000192. The van der Waals surface area contributed by atoms with Crippen molar-refractivity contribution in [2.24, 2.45) is 5.92 Å². The SMILES string of the molecule is Cl.O=C(C1CCNCC1)N1CCOC(c2ccc(Cl)c(Cl)c2)C1. The van der Waals surface area contributed by atoms with E-state index >= 15 is 0 Å². The quantitative estimate of drug-likeness (QED) is 0.857. The monoisotopic (exact) mass is 378 g/mol. The Labute approximate surface area is 152 Å². The minimum absolute atomic E-state index is 0. The summed E-state index contributed by atoms with van der Waals surface area (Å²) in [5.41, 5.74) is 0.970. The molecule has 2 aliphatic heterocycles. The first-order chi connectivity index (χ1) is 10.6. The molecule has 1 amide bonds. The van der Waals surface area contributed by atoms with Gasteiger partial charge in [-0.15, -0.1) is 12.4 Å². The highest BCUT2D eigenvalue weighted by Crippen LogP contribution is 2.29. The third-order valence-corrected chi connectivity index (χ3v) is 5.12. The highest BCUT2D eigenvalue weighted by molar-refractivity contribution is 6.42. The Morgan fingerprint density at radius 1 is 1.22 bits per heavy atom. The molecule has 2 heterocycles. The molecular formula is C16H21Cl3N2O2. The summed E-state index contributed by atoms with van der Waals surface area (Å²) >= 11 is 12.0. The van der Waals surface area contributed by atoms with E-state index in [4.69, 9.17) is 27.9 Å². The minimum Gasteiger partial charge on any atom is -0.370 e. The first-order valence-corrected chi connectivity index (χ1v) is 8.47. The number of carbonyl (C=O) groups is 1. The van der Waals surface area contributed by atoms with E-state index in [1.54, 1.807) is 6.07 Å². The van der Waals surface area contributed by atoms with E-state index in [1.807, 2.05) is 17.0 Å². The number of carbonyl (C=O) groups excluding carboxylic acids is 1. The highest BCUT2D eigenvalue weighted by Gasteiger charge is 2.30. The average molecular weight is 380 g/mol. The van der Waals surface area contributed by atoms with E-state index in [0.29, 0.717) is 29.7 Å². The fourth-order valence-corrected chi connectivity index (χ4v) is 3.40. The van der Waals surface area contributed by atoms with Gasteiger partial charge in [0.05, 0.1) is 23.2 Å². The lowest BCUT2D eigenvalue weighted by molar-refractivity contribution is -0.144. The van der Waals surface area contributed by atoms with E-state index < -0.39 is 0 Å². The Morgan fingerprint density at radius 2 is 1.96 bits per heavy atom. The van der Waals surface area contributed by atoms with Gasteiger partial charge in [0.1, 0.15) is 6.10 Å². The van der Waals surface area contributed by atoms with Crippen molar-refractivity contribution in [3.63, 3.8) is 0 Å². The van der Waals surface area contributed by atoms with Gasteiger partial charge in [-0.3, -0.25) is 4.79 Å². The van der Waals surface area contributed by atoms with Gasteiger partial charge in [-0.25, -0.2) is 0 Å². The van der Waals surface area contributed by atoms with Crippen molar-refractivity contribution in [1.29, 1.82) is 0 Å². The molecule has 0 bridgehead atoms. The molecule has 2 saturated heterocycles. The summed E-state index contributed by atoms with van der Waals surface area (Å²) in [6.07, 6.45) is 1.72. The summed E-state index contributed by atoms with van der Waals surface area (Å²) in [4.78, 5) is 14.6. The van der Waals surface area contributed by atoms with Crippen molar-refractivity contribution < 1.29 is 9.53 Å². The van der Waals surface area contributed by atoms with Crippen molar-refractivity contribution in [1.82, 2.24) is 10.2 Å². The first-order valence-electron chi connectivity index (χ1n) is 7.71. The van der Waals surface area contributed by atoms with Crippen LogP contribution in [0.3, 0.4) is 0 Å². The Kier molecular flexibility index (Phi) is 6.99. The molecule has 128 valence electrons. The number of hydrogen-bond donors (Lipinski definition) is 1. The Bertz CT molecular complexity index is 550. The number of halogens is 3. The zero-order chi connectivity index (χ0) is 15.5. The average Bonchev–Trinajstić information content (AvgIpc) is 2.57. The molecule has 0 aliphatic carbocycles. The lowest BCUT2D eigenvalue weighted by Gasteiger charge is -2.36. The maximum absolute atomic E-state index is 12.6. The van der Waals surface area contributed by atoms with Crippen molar-refractivity contribution in [2.45, 2.75) is 18.9 Å². The topological polar surface area (TPSA) is 41.6 Å². The normalized spacial score (nSPS) is 22.5. The summed E-state index contributed by atoms with van der Waals surface area (Å²) in [5, 5.41) is 4.35. The van der Waals surface area contributed by atoms with Gasteiger partial charge >= 0.3 is 0 Å². The molecule has 1 aromatic rings. The van der Waals surface area contributed by atoms with Crippen LogP contribution >= 0.6 is 35.6 Å². The van der Waals surface area contributed by atoms with Gasteiger partial charge in [-0.1, -0.05) is 29.3 Å². The summed E-state index contributed by atoms with van der Waals surface area (Å²) in [6, 6.07) is 5.51. The van der Waals surface area contributed by atoms with Gasteiger partial charge in [0.15, 0.2) is 0 Å². The maximum Gasteiger partial charge on any atom is 0.225 e. The molecule has 2 fully saturated rings. The number of nitrogens with zero attached hydrogens (tertiary/aromatic N) is 1. The van der Waals surface area contributed by atoms with Gasteiger partial charge in [-0.05, 0) is 43.6 Å². The third kappa shape index (κ3) is 4.52. The predicted octanol–water partition coefficient (Wildman–Crippen LogP) is 3.31. The van der Waals surface area contributed by atoms with Crippen LogP contribution in [0.25, 0.3) is 0 Å². The van der Waals surface area contributed by atoms with Crippen molar-refractivity contribution in [2.75, 3.05) is 32.8 Å². The minimum atomic E-state index is -0.130. The van der Waals surface area contributed by atoms with Crippen molar-refractivity contribution in [3.8, 4) is 0 Å². The molecule has 7 heteroatoms. The summed E-state index contributed by atoms with van der Waals surface area (Å²) in [6.45, 7) is 3.66. The number of nitrogens with one attached hydrogen (secondary N) is 1. The second-order valence-electron chi connectivity index (χ2n) is 5.84. The van der Waals surface area contributed by atoms with Crippen LogP contribution in [0.4, 0.5) is 0 Å². The zero-order valence-corrected chi connectivity index (χ0v) is 15.1. The number of benzene rings is 1. The van der Waals surface area contributed by atoms with Crippen LogP contribution in [0.5, 0.6) is 0 Å². The molecule has 0 saturated carbocycles. The highest BCUT2D eigenvalue weighted by atomic mass is 35.5. The summed E-state index contributed by atoms with van der Waals surface area (Å²) in [5.74, 6) is 0.406. The van der Waals surface area contributed by atoms with Gasteiger partial charge in [-0.2, -0.15) is 0 Å². The van der Waals surface area contributed by atoms with Crippen LogP contribution < -0.4 is 5.32 Å². The lowest BCUT2D eigenvalue weighted by atomic mass is 9.96. The number of amides is 1. The molecule has 1 N–H and O–H groups in total. The lowest BCUT2D eigenvalue weighted by Crippen LogP contribution is -2.47. The molecule has 1 atom stereocenters. The molecule has 1 aromatic carbocycles. The van der Waals surface area contributed by atoms with E-state index in [1.165, 1.54) is 0 Å². The fraction of sp³-hybridized carbons (Fsp3) is 0.562. The molecule has 2 aliphatic rings.